The maximum absolute atomic E-state index is 5.20. The van der Waals surface area contributed by atoms with Gasteiger partial charge in [-0.25, -0.2) is 0 Å². The van der Waals surface area contributed by atoms with Crippen molar-refractivity contribution >= 4 is 34.9 Å². The molecule has 0 N–H and O–H groups in total. The first-order valence-electron chi connectivity index (χ1n) is 8.12. The van der Waals surface area contributed by atoms with Gasteiger partial charge in [0, 0.05) is 17.1 Å². The second kappa shape index (κ2) is 8.38. The SMILES string of the molecule is Cc1noc(C)c1CSc1nnc(SCc2ccc(C(C)C)cc2)s1. The summed E-state index contributed by atoms with van der Waals surface area (Å²) < 4.78 is 7.19. The van der Waals surface area contributed by atoms with Gasteiger partial charge in [0.25, 0.3) is 0 Å². The second-order valence-corrected chi connectivity index (χ2v) is 9.53. The molecule has 0 saturated carbocycles. The van der Waals surface area contributed by atoms with Gasteiger partial charge >= 0.3 is 0 Å². The van der Waals surface area contributed by atoms with E-state index < -0.39 is 0 Å². The Morgan fingerprint density at radius 3 is 2.20 bits per heavy atom. The molecule has 7 heteroatoms. The maximum Gasteiger partial charge on any atom is 0.175 e. The van der Waals surface area contributed by atoms with Crippen LogP contribution in [-0.4, -0.2) is 15.4 Å². The molecule has 4 nitrogen and oxygen atoms in total. The van der Waals surface area contributed by atoms with Crippen LogP contribution in [0.15, 0.2) is 37.5 Å². The molecule has 0 radical (unpaired) electrons. The third kappa shape index (κ3) is 4.86. The molecule has 0 unspecified atom stereocenters. The summed E-state index contributed by atoms with van der Waals surface area (Å²) >= 11 is 5.07. The Morgan fingerprint density at radius 2 is 1.64 bits per heavy atom. The van der Waals surface area contributed by atoms with E-state index in [0.717, 1.165) is 37.2 Å². The first-order valence-corrected chi connectivity index (χ1v) is 10.9. The molecule has 1 aromatic carbocycles. The van der Waals surface area contributed by atoms with Gasteiger partial charge in [0.15, 0.2) is 8.68 Å². The highest BCUT2D eigenvalue weighted by Crippen LogP contribution is 2.33. The molecule has 0 aliphatic heterocycles. The predicted octanol–water partition coefficient (Wildman–Crippen LogP) is 5.85. The largest absolute Gasteiger partial charge is 0.361 e. The van der Waals surface area contributed by atoms with Crippen LogP contribution in [0.5, 0.6) is 0 Å². The Hall–Kier alpha value is -1.31. The van der Waals surface area contributed by atoms with Crippen molar-refractivity contribution in [2.75, 3.05) is 0 Å². The molecule has 2 aromatic heterocycles. The zero-order chi connectivity index (χ0) is 17.8. The molecule has 0 bridgehead atoms. The minimum Gasteiger partial charge on any atom is -0.361 e. The van der Waals surface area contributed by atoms with E-state index in [1.807, 2.05) is 13.8 Å². The smallest absolute Gasteiger partial charge is 0.175 e. The molecule has 0 atom stereocenters. The van der Waals surface area contributed by atoms with Crippen molar-refractivity contribution in [3.05, 3.63) is 52.4 Å². The fraction of sp³-hybridized carbons (Fsp3) is 0.389. The highest BCUT2D eigenvalue weighted by Gasteiger charge is 2.12. The third-order valence-corrected chi connectivity index (χ3v) is 7.21. The van der Waals surface area contributed by atoms with Crippen molar-refractivity contribution in [1.29, 1.82) is 0 Å². The molecule has 3 rings (SSSR count). The van der Waals surface area contributed by atoms with E-state index in [1.165, 1.54) is 11.1 Å². The number of hydrogen-bond acceptors (Lipinski definition) is 7. The van der Waals surface area contributed by atoms with E-state index in [9.17, 15) is 0 Å². The fourth-order valence-corrected chi connectivity index (χ4v) is 5.43. The molecule has 132 valence electrons. The summed E-state index contributed by atoms with van der Waals surface area (Å²) in [6.45, 7) is 8.35. The van der Waals surface area contributed by atoms with Gasteiger partial charge in [-0.3, -0.25) is 0 Å². The molecule has 3 aromatic rings. The monoisotopic (exact) mass is 391 g/mol. The van der Waals surface area contributed by atoms with Gasteiger partial charge in [-0.05, 0) is 30.9 Å². The number of rotatable bonds is 7. The maximum atomic E-state index is 5.20. The summed E-state index contributed by atoms with van der Waals surface area (Å²) in [5.41, 5.74) is 4.80. The molecule has 0 fully saturated rings. The molecule has 0 saturated heterocycles. The van der Waals surface area contributed by atoms with Crippen LogP contribution in [0.1, 0.15) is 47.9 Å². The molecule has 0 aliphatic rings. The lowest BCUT2D eigenvalue weighted by Gasteiger charge is -2.05. The van der Waals surface area contributed by atoms with Gasteiger partial charge in [-0.1, -0.05) is 78.1 Å². The topological polar surface area (TPSA) is 51.8 Å². The van der Waals surface area contributed by atoms with Crippen LogP contribution in [0, 0.1) is 13.8 Å². The molecule has 2 heterocycles. The summed E-state index contributed by atoms with van der Waals surface area (Å²) in [7, 11) is 0. The lowest BCUT2D eigenvalue weighted by Crippen LogP contribution is -1.87. The number of aryl methyl sites for hydroxylation is 2. The van der Waals surface area contributed by atoms with E-state index in [1.54, 1.807) is 34.9 Å². The average Bonchev–Trinajstić information content (AvgIpc) is 3.18. The number of nitrogens with zero attached hydrogens (tertiary/aromatic N) is 3. The molecule has 0 amide bonds. The van der Waals surface area contributed by atoms with Crippen molar-refractivity contribution in [2.24, 2.45) is 0 Å². The molecule has 25 heavy (non-hydrogen) atoms. The van der Waals surface area contributed by atoms with Crippen LogP contribution >= 0.6 is 34.9 Å². The molecule has 0 aliphatic carbocycles. The van der Waals surface area contributed by atoms with Gasteiger partial charge in [0.1, 0.15) is 5.76 Å². The van der Waals surface area contributed by atoms with Crippen LogP contribution < -0.4 is 0 Å². The Morgan fingerprint density at radius 1 is 1.00 bits per heavy atom. The zero-order valence-electron chi connectivity index (χ0n) is 14.8. The van der Waals surface area contributed by atoms with Crippen LogP contribution in [0.3, 0.4) is 0 Å². The van der Waals surface area contributed by atoms with E-state index in [-0.39, 0.29) is 0 Å². The second-order valence-electron chi connectivity index (χ2n) is 6.11. The predicted molar refractivity (Wildman–Crippen MR) is 106 cm³/mol. The van der Waals surface area contributed by atoms with Gasteiger partial charge in [0.2, 0.25) is 0 Å². The molecule has 0 spiro atoms. The fourth-order valence-electron chi connectivity index (χ4n) is 2.30. The summed E-state index contributed by atoms with van der Waals surface area (Å²) in [6, 6.07) is 8.84. The number of aromatic nitrogens is 3. The van der Waals surface area contributed by atoms with Crippen LogP contribution in [-0.2, 0) is 11.5 Å². The average molecular weight is 392 g/mol. The zero-order valence-corrected chi connectivity index (χ0v) is 17.2. The van der Waals surface area contributed by atoms with Crippen LogP contribution in [0.25, 0.3) is 0 Å². The van der Waals surface area contributed by atoms with Crippen molar-refractivity contribution < 1.29 is 4.52 Å². The van der Waals surface area contributed by atoms with Crippen LogP contribution in [0.2, 0.25) is 0 Å². The van der Waals surface area contributed by atoms with Crippen LogP contribution in [0.4, 0.5) is 0 Å². The van der Waals surface area contributed by atoms with Gasteiger partial charge in [-0.2, -0.15) is 0 Å². The number of hydrogen-bond donors (Lipinski definition) is 0. The molecular formula is C18H21N3OS3. The van der Waals surface area contributed by atoms with Gasteiger partial charge in [-0.15, -0.1) is 10.2 Å². The Labute approximate surface area is 160 Å². The number of benzene rings is 1. The Kier molecular flexibility index (Phi) is 6.19. The van der Waals surface area contributed by atoms with Gasteiger partial charge in [0.05, 0.1) is 5.69 Å². The van der Waals surface area contributed by atoms with E-state index >= 15 is 0 Å². The van der Waals surface area contributed by atoms with Crippen molar-refractivity contribution in [3.63, 3.8) is 0 Å². The standard InChI is InChI=1S/C18H21N3OS3/c1-11(2)15-7-5-14(6-8-15)9-23-17-19-20-18(25-17)24-10-16-12(3)21-22-13(16)4/h5-8,11H,9-10H2,1-4H3. The van der Waals surface area contributed by atoms with Gasteiger partial charge < -0.3 is 4.52 Å². The summed E-state index contributed by atoms with van der Waals surface area (Å²) in [6.07, 6.45) is 0. The normalized spacial score (nSPS) is 11.4. The summed E-state index contributed by atoms with van der Waals surface area (Å²) in [4.78, 5) is 0. The van der Waals surface area contributed by atoms with Crippen molar-refractivity contribution in [1.82, 2.24) is 15.4 Å². The van der Waals surface area contributed by atoms with Crippen molar-refractivity contribution in [3.8, 4) is 0 Å². The Balaban J connectivity index is 1.53. The highest BCUT2D eigenvalue weighted by molar-refractivity contribution is 8.02. The Bertz CT molecular complexity index is 805. The third-order valence-electron chi connectivity index (χ3n) is 3.92. The minimum atomic E-state index is 0.571. The summed E-state index contributed by atoms with van der Waals surface area (Å²) in [5, 5.41) is 12.6. The minimum absolute atomic E-state index is 0.571. The number of thioether (sulfide) groups is 2. The first-order chi connectivity index (χ1) is 12.0. The highest BCUT2D eigenvalue weighted by atomic mass is 32.2. The lowest BCUT2D eigenvalue weighted by molar-refractivity contribution is 0.392. The summed E-state index contributed by atoms with van der Waals surface area (Å²) in [5.74, 6) is 3.19. The first kappa shape index (κ1) is 18.5. The lowest BCUT2D eigenvalue weighted by atomic mass is 10.0. The van der Waals surface area contributed by atoms with E-state index in [4.69, 9.17) is 4.52 Å². The van der Waals surface area contributed by atoms with Crippen molar-refractivity contribution in [2.45, 2.75) is 53.8 Å². The quantitative estimate of drug-likeness (QED) is 0.471. The van der Waals surface area contributed by atoms with E-state index in [2.05, 4.69) is 53.5 Å². The van der Waals surface area contributed by atoms with E-state index in [0.29, 0.717) is 5.92 Å². The molecular weight excluding hydrogens is 370 g/mol.